The van der Waals surface area contributed by atoms with Crippen molar-refractivity contribution in [3.05, 3.63) is 29.8 Å². The highest BCUT2D eigenvalue weighted by molar-refractivity contribution is 5.94. The second-order valence-corrected chi connectivity index (χ2v) is 4.40. The summed E-state index contributed by atoms with van der Waals surface area (Å²) in [5.74, 6) is 0.230. The van der Waals surface area contributed by atoms with Crippen LogP contribution in [0.3, 0.4) is 0 Å². The van der Waals surface area contributed by atoms with Crippen molar-refractivity contribution in [1.82, 2.24) is 5.32 Å². The van der Waals surface area contributed by atoms with Crippen molar-refractivity contribution < 1.29 is 9.53 Å². The predicted molar refractivity (Wildman–Crippen MR) is 68.8 cm³/mol. The van der Waals surface area contributed by atoms with Crippen molar-refractivity contribution in [2.24, 2.45) is 5.92 Å². The molecule has 1 rings (SSSR count). The van der Waals surface area contributed by atoms with Gasteiger partial charge in [-0.2, -0.15) is 0 Å². The molecule has 0 aliphatic carbocycles. The van der Waals surface area contributed by atoms with E-state index in [1.807, 2.05) is 13.8 Å². The van der Waals surface area contributed by atoms with Gasteiger partial charge in [-0.05, 0) is 30.2 Å². The van der Waals surface area contributed by atoms with Crippen LogP contribution in [0.2, 0.25) is 0 Å². The lowest BCUT2D eigenvalue weighted by atomic mass is 10.0. The summed E-state index contributed by atoms with van der Waals surface area (Å²) < 4.78 is 5.09. The number of amides is 1. The summed E-state index contributed by atoms with van der Waals surface area (Å²) in [4.78, 5) is 11.9. The first kappa shape index (κ1) is 13.5. The van der Waals surface area contributed by atoms with Gasteiger partial charge in [-0.3, -0.25) is 4.79 Å². The Balaban J connectivity index is 2.66. The van der Waals surface area contributed by atoms with E-state index in [4.69, 9.17) is 10.5 Å². The van der Waals surface area contributed by atoms with Crippen LogP contribution in [-0.4, -0.2) is 25.7 Å². The molecule has 1 atom stereocenters. The van der Waals surface area contributed by atoms with E-state index in [9.17, 15) is 4.79 Å². The molecule has 4 heteroatoms. The topological polar surface area (TPSA) is 64.3 Å². The van der Waals surface area contributed by atoms with Crippen molar-refractivity contribution in [1.29, 1.82) is 0 Å². The molecule has 0 saturated carbocycles. The van der Waals surface area contributed by atoms with Crippen LogP contribution in [0, 0.1) is 5.92 Å². The number of anilines is 1. The summed E-state index contributed by atoms with van der Waals surface area (Å²) in [5, 5.41) is 2.95. The average Bonchev–Trinajstić information content (AvgIpc) is 2.29. The van der Waals surface area contributed by atoms with Crippen LogP contribution in [0.25, 0.3) is 0 Å². The Kier molecular flexibility index (Phi) is 4.97. The van der Waals surface area contributed by atoms with E-state index >= 15 is 0 Å². The van der Waals surface area contributed by atoms with Gasteiger partial charge < -0.3 is 15.8 Å². The third kappa shape index (κ3) is 4.07. The van der Waals surface area contributed by atoms with Crippen LogP contribution in [0.4, 0.5) is 5.69 Å². The highest BCUT2D eigenvalue weighted by Crippen LogP contribution is 2.07. The van der Waals surface area contributed by atoms with Gasteiger partial charge in [-0.1, -0.05) is 13.8 Å². The van der Waals surface area contributed by atoms with Crippen molar-refractivity contribution in [2.45, 2.75) is 19.9 Å². The van der Waals surface area contributed by atoms with E-state index in [0.29, 0.717) is 23.8 Å². The van der Waals surface area contributed by atoms with Gasteiger partial charge in [-0.15, -0.1) is 0 Å². The van der Waals surface area contributed by atoms with Gasteiger partial charge in [0.1, 0.15) is 0 Å². The maximum atomic E-state index is 11.9. The maximum Gasteiger partial charge on any atom is 0.251 e. The summed E-state index contributed by atoms with van der Waals surface area (Å²) >= 11 is 0. The number of nitrogens with two attached hydrogens (primary N) is 1. The van der Waals surface area contributed by atoms with Crippen LogP contribution in [0.5, 0.6) is 0 Å². The van der Waals surface area contributed by atoms with Gasteiger partial charge in [0.05, 0.1) is 12.6 Å². The van der Waals surface area contributed by atoms with E-state index in [1.54, 1.807) is 31.4 Å². The second-order valence-electron chi connectivity index (χ2n) is 4.40. The number of hydrogen-bond donors (Lipinski definition) is 2. The quantitative estimate of drug-likeness (QED) is 0.764. The Labute approximate surface area is 102 Å². The Hall–Kier alpha value is -1.55. The van der Waals surface area contributed by atoms with Crippen LogP contribution in [0.1, 0.15) is 24.2 Å². The third-order valence-electron chi connectivity index (χ3n) is 2.64. The number of rotatable bonds is 5. The molecular formula is C13H20N2O2. The maximum absolute atomic E-state index is 11.9. The molecule has 0 spiro atoms. The molecule has 0 aliphatic heterocycles. The number of nitrogen functional groups attached to an aromatic ring is 1. The molecule has 0 saturated heterocycles. The Morgan fingerprint density at radius 3 is 2.41 bits per heavy atom. The average molecular weight is 236 g/mol. The summed E-state index contributed by atoms with van der Waals surface area (Å²) in [5.41, 5.74) is 6.84. The van der Waals surface area contributed by atoms with Crippen molar-refractivity contribution in [3.63, 3.8) is 0 Å². The zero-order valence-electron chi connectivity index (χ0n) is 10.6. The predicted octanol–water partition coefficient (Wildman–Crippen LogP) is 1.67. The molecule has 0 aromatic heterocycles. The molecule has 1 unspecified atom stereocenters. The first-order chi connectivity index (χ1) is 8.04. The number of hydrogen-bond acceptors (Lipinski definition) is 3. The Bertz CT molecular complexity index is 360. The van der Waals surface area contributed by atoms with Gasteiger partial charge >= 0.3 is 0 Å². The lowest BCUT2D eigenvalue weighted by Gasteiger charge is -2.21. The number of ether oxygens (including phenoxy) is 1. The van der Waals surface area contributed by atoms with Gasteiger partial charge in [0, 0.05) is 18.4 Å². The zero-order valence-corrected chi connectivity index (χ0v) is 10.6. The summed E-state index contributed by atoms with van der Waals surface area (Å²) in [7, 11) is 1.63. The third-order valence-corrected chi connectivity index (χ3v) is 2.64. The van der Waals surface area contributed by atoms with Crippen LogP contribution in [0.15, 0.2) is 24.3 Å². The highest BCUT2D eigenvalue weighted by Gasteiger charge is 2.16. The van der Waals surface area contributed by atoms with Crippen LogP contribution < -0.4 is 11.1 Å². The smallest absolute Gasteiger partial charge is 0.251 e. The van der Waals surface area contributed by atoms with E-state index in [2.05, 4.69) is 5.32 Å². The monoisotopic (exact) mass is 236 g/mol. The van der Waals surface area contributed by atoms with Gasteiger partial charge in [-0.25, -0.2) is 0 Å². The molecule has 1 amide bonds. The minimum absolute atomic E-state index is 0.0186. The molecule has 0 radical (unpaired) electrons. The van der Waals surface area contributed by atoms with E-state index in [-0.39, 0.29) is 11.9 Å². The van der Waals surface area contributed by atoms with Gasteiger partial charge in [0.15, 0.2) is 0 Å². The molecule has 0 bridgehead atoms. The minimum Gasteiger partial charge on any atom is -0.399 e. The number of nitrogens with one attached hydrogen (secondary N) is 1. The number of carbonyl (C=O) groups is 1. The molecular weight excluding hydrogens is 216 g/mol. The summed E-state index contributed by atoms with van der Waals surface area (Å²) in [6.45, 7) is 4.61. The van der Waals surface area contributed by atoms with Crippen molar-refractivity contribution in [2.75, 3.05) is 19.5 Å². The standard InChI is InChI=1S/C13H20N2O2/c1-9(2)12(8-17-3)15-13(16)10-4-6-11(14)7-5-10/h4-7,9,12H,8,14H2,1-3H3,(H,15,16). The molecule has 1 aromatic rings. The second kappa shape index (κ2) is 6.25. The van der Waals surface area contributed by atoms with E-state index in [0.717, 1.165) is 0 Å². The molecule has 0 aliphatic rings. The van der Waals surface area contributed by atoms with Crippen LogP contribution in [-0.2, 0) is 4.74 Å². The molecule has 0 fully saturated rings. The largest absolute Gasteiger partial charge is 0.399 e. The van der Waals surface area contributed by atoms with Crippen molar-refractivity contribution >= 4 is 11.6 Å². The molecule has 1 aromatic carbocycles. The fourth-order valence-electron chi connectivity index (χ4n) is 1.47. The lowest BCUT2D eigenvalue weighted by Crippen LogP contribution is -2.41. The fraction of sp³-hybridized carbons (Fsp3) is 0.462. The van der Waals surface area contributed by atoms with Gasteiger partial charge in [0.2, 0.25) is 0 Å². The zero-order chi connectivity index (χ0) is 12.8. The lowest BCUT2D eigenvalue weighted by molar-refractivity contribution is 0.0866. The van der Waals surface area contributed by atoms with Crippen LogP contribution >= 0.6 is 0 Å². The first-order valence-corrected chi connectivity index (χ1v) is 5.70. The molecule has 3 N–H and O–H groups in total. The molecule has 94 valence electrons. The first-order valence-electron chi connectivity index (χ1n) is 5.70. The fourth-order valence-corrected chi connectivity index (χ4v) is 1.47. The number of methoxy groups -OCH3 is 1. The number of benzene rings is 1. The summed E-state index contributed by atoms with van der Waals surface area (Å²) in [6, 6.07) is 6.89. The van der Waals surface area contributed by atoms with Gasteiger partial charge in [0.25, 0.3) is 5.91 Å². The highest BCUT2D eigenvalue weighted by atomic mass is 16.5. The molecule has 0 heterocycles. The minimum atomic E-state index is -0.0965. The van der Waals surface area contributed by atoms with Crippen molar-refractivity contribution in [3.8, 4) is 0 Å². The normalized spacial score (nSPS) is 12.5. The molecule has 4 nitrogen and oxygen atoms in total. The van der Waals surface area contributed by atoms with E-state index < -0.39 is 0 Å². The SMILES string of the molecule is COCC(NC(=O)c1ccc(N)cc1)C(C)C. The van der Waals surface area contributed by atoms with E-state index in [1.165, 1.54) is 0 Å². The molecule has 17 heavy (non-hydrogen) atoms. The number of carbonyl (C=O) groups excluding carboxylic acids is 1. The Morgan fingerprint density at radius 1 is 1.35 bits per heavy atom. The summed E-state index contributed by atoms with van der Waals surface area (Å²) in [6.07, 6.45) is 0. The Morgan fingerprint density at radius 2 is 1.94 bits per heavy atom.